The monoisotopic (exact) mass is 382 g/mol. The summed E-state index contributed by atoms with van der Waals surface area (Å²) in [6.07, 6.45) is 4.37. The van der Waals surface area contributed by atoms with E-state index >= 15 is 0 Å². The Labute approximate surface area is 161 Å². The Hall–Kier alpha value is -2.79. The molecule has 4 rings (SSSR count). The maximum absolute atomic E-state index is 12.7. The Morgan fingerprint density at radius 3 is 2.48 bits per heavy atom. The van der Waals surface area contributed by atoms with Crippen molar-refractivity contribution in [2.45, 2.75) is 31.7 Å². The Kier molecular flexibility index (Phi) is 4.86. The van der Waals surface area contributed by atoms with E-state index in [1.54, 1.807) is 30.3 Å². The molecule has 1 saturated carbocycles. The molecule has 3 aromatic rings. The van der Waals surface area contributed by atoms with E-state index < -0.39 is 11.5 Å². The normalized spacial score (nSPS) is 14.4. The molecule has 0 bridgehead atoms. The Balaban J connectivity index is 1.78. The highest BCUT2D eigenvalue weighted by molar-refractivity contribution is 6.34. The zero-order valence-corrected chi connectivity index (χ0v) is 15.4. The van der Waals surface area contributed by atoms with Crippen molar-refractivity contribution >= 4 is 39.9 Å². The first-order valence-electron chi connectivity index (χ1n) is 9.02. The summed E-state index contributed by atoms with van der Waals surface area (Å²) in [7, 11) is 0. The minimum absolute atomic E-state index is 0.116. The standard InChI is InChI=1S/C21H19ClN2O3/c22-16-11-5-3-9-14(16)20(25)24-19-18(23-13-7-1-2-8-13)15-10-4-6-12-17(15)27-21(19)26/h3-6,9-13,23H,1-2,7-8H2,(H,24,25). The van der Waals surface area contributed by atoms with Crippen molar-refractivity contribution in [3.63, 3.8) is 0 Å². The van der Waals surface area contributed by atoms with Crippen LogP contribution in [0.3, 0.4) is 0 Å². The molecule has 6 heteroatoms. The lowest BCUT2D eigenvalue weighted by molar-refractivity contribution is 0.102. The van der Waals surface area contributed by atoms with Gasteiger partial charge in [-0.15, -0.1) is 0 Å². The SMILES string of the molecule is O=C(Nc1c(NC2CCCC2)c2ccccc2oc1=O)c1ccccc1Cl. The lowest BCUT2D eigenvalue weighted by Crippen LogP contribution is -2.23. The van der Waals surface area contributed by atoms with Crippen LogP contribution in [0.5, 0.6) is 0 Å². The molecule has 0 radical (unpaired) electrons. The number of amides is 1. The van der Waals surface area contributed by atoms with Crippen LogP contribution in [0.4, 0.5) is 11.4 Å². The molecule has 1 heterocycles. The van der Waals surface area contributed by atoms with Crippen molar-refractivity contribution in [2.75, 3.05) is 10.6 Å². The number of hydrogen-bond donors (Lipinski definition) is 2. The second kappa shape index (κ2) is 7.45. The smallest absolute Gasteiger partial charge is 0.362 e. The molecule has 27 heavy (non-hydrogen) atoms. The van der Waals surface area contributed by atoms with Crippen LogP contribution < -0.4 is 16.3 Å². The summed E-state index contributed by atoms with van der Waals surface area (Å²) in [6, 6.07) is 14.3. The Morgan fingerprint density at radius 1 is 1.00 bits per heavy atom. The molecule has 5 nitrogen and oxygen atoms in total. The highest BCUT2D eigenvalue weighted by Gasteiger charge is 2.22. The number of benzene rings is 2. The number of rotatable bonds is 4. The van der Waals surface area contributed by atoms with E-state index in [4.69, 9.17) is 16.0 Å². The molecular weight excluding hydrogens is 364 g/mol. The highest BCUT2D eigenvalue weighted by Crippen LogP contribution is 2.32. The summed E-state index contributed by atoms with van der Waals surface area (Å²) in [5.74, 6) is -0.447. The molecule has 2 aromatic carbocycles. The number of anilines is 2. The topological polar surface area (TPSA) is 71.3 Å². The van der Waals surface area contributed by atoms with Crippen LogP contribution in [0.15, 0.2) is 57.7 Å². The van der Waals surface area contributed by atoms with Crippen molar-refractivity contribution in [3.05, 3.63) is 69.5 Å². The third-order valence-corrected chi connectivity index (χ3v) is 5.20. The van der Waals surface area contributed by atoms with Crippen LogP contribution in [0.1, 0.15) is 36.0 Å². The van der Waals surface area contributed by atoms with Crippen LogP contribution in [0, 0.1) is 0 Å². The van der Waals surface area contributed by atoms with Crippen LogP contribution in [-0.2, 0) is 0 Å². The van der Waals surface area contributed by atoms with Gasteiger partial charge in [-0.3, -0.25) is 4.79 Å². The van der Waals surface area contributed by atoms with Gasteiger partial charge in [0.15, 0.2) is 5.69 Å². The second-order valence-electron chi connectivity index (χ2n) is 6.70. The maximum Gasteiger partial charge on any atom is 0.362 e. The number of fused-ring (bicyclic) bond motifs is 1. The van der Waals surface area contributed by atoms with E-state index in [1.807, 2.05) is 18.2 Å². The molecule has 1 amide bonds. The molecule has 1 aromatic heterocycles. The van der Waals surface area contributed by atoms with Crippen LogP contribution in [0.25, 0.3) is 11.0 Å². The van der Waals surface area contributed by atoms with Crippen molar-refractivity contribution < 1.29 is 9.21 Å². The zero-order chi connectivity index (χ0) is 18.8. The third kappa shape index (κ3) is 3.55. The first-order chi connectivity index (χ1) is 13.1. The first kappa shape index (κ1) is 17.6. The molecular formula is C21H19ClN2O3. The molecule has 0 atom stereocenters. The molecule has 1 aliphatic rings. The predicted molar refractivity (Wildman–Crippen MR) is 108 cm³/mol. The molecule has 0 aliphatic heterocycles. The molecule has 1 aliphatic carbocycles. The molecule has 138 valence electrons. The van der Waals surface area contributed by atoms with E-state index in [2.05, 4.69) is 10.6 Å². The van der Waals surface area contributed by atoms with Gasteiger partial charge in [-0.1, -0.05) is 48.7 Å². The van der Waals surface area contributed by atoms with Crippen molar-refractivity contribution in [1.29, 1.82) is 0 Å². The van der Waals surface area contributed by atoms with Crippen LogP contribution in [-0.4, -0.2) is 11.9 Å². The first-order valence-corrected chi connectivity index (χ1v) is 9.39. The van der Waals surface area contributed by atoms with Gasteiger partial charge in [0.1, 0.15) is 5.58 Å². The molecule has 0 unspecified atom stereocenters. The zero-order valence-electron chi connectivity index (χ0n) is 14.6. The fourth-order valence-corrected chi connectivity index (χ4v) is 3.74. The Morgan fingerprint density at radius 2 is 1.70 bits per heavy atom. The number of halogens is 1. The average molecular weight is 383 g/mol. The number of carbonyl (C=O) groups excluding carboxylic acids is 1. The minimum Gasteiger partial charge on any atom is -0.421 e. The van der Waals surface area contributed by atoms with Gasteiger partial charge < -0.3 is 15.1 Å². The molecule has 1 fully saturated rings. The minimum atomic E-state index is -0.588. The molecule has 2 N–H and O–H groups in total. The summed E-state index contributed by atoms with van der Waals surface area (Å²) in [5, 5.41) is 7.25. The van der Waals surface area contributed by atoms with Gasteiger partial charge in [0.25, 0.3) is 5.91 Å². The van der Waals surface area contributed by atoms with Crippen LogP contribution >= 0.6 is 11.6 Å². The van der Waals surface area contributed by atoms with E-state index in [0.29, 0.717) is 21.9 Å². The number of para-hydroxylation sites is 1. The average Bonchev–Trinajstić information content (AvgIpc) is 3.18. The summed E-state index contributed by atoms with van der Waals surface area (Å²) < 4.78 is 5.42. The van der Waals surface area contributed by atoms with Crippen molar-refractivity contribution in [1.82, 2.24) is 0 Å². The van der Waals surface area contributed by atoms with Gasteiger partial charge in [0.05, 0.1) is 16.3 Å². The number of hydrogen-bond acceptors (Lipinski definition) is 4. The highest BCUT2D eigenvalue weighted by atomic mass is 35.5. The van der Waals surface area contributed by atoms with E-state index in [1.165, 1.54) is 0 Å². The van der Waals surface area contributed by atoms with Crippen LogP contribution in [0.2, 0.25) is 5.02 Å². The Bertz CT molecular complexity index is 1050. The largest absolute Gasteiger partial charge is 0.421 e. The summed E-state index contributed by atoms with van der Waals surface area (Å²) in [6.45, 7) is 0. The lowest BCUT2D eigenvalue weighted by Gasteiger charge is -2.18. The van der Waals surface area contributed by atoms with E-state index in [0.717, 1.165) is 31.1 Å². The number of carbonyl (C=O) groups is 1. The van der Waals surface area contributed by atoms with Gasteiger partial charge >= 0.3 is 5.63 Å². The van der Waals surface area contributed by atoms with Gasteiger partial charge in [0, 0.05) is 11.4 Å². The molecule has 0 saturated heterocycles. The predicted octanol–water partition coefficient (Wildman–Crippen LogP) is 5.05. The van der Waals surface area contributed by atoms with Crippen molar-refractivity contribution in [2.24, 2.45) is 0 Å². The fourth-order valence-electron chi connectivity index (χ4n) is 3.51. The van der Waals surface area contributed by atoms with Crippen molar-refractivity contribution in [3.8, 4) is 0 Å². The maximum atomic E-state index is 12.7. The lowest BCUT2D eigenvalue weighted by atomic mass is 10.1. The van der Waals surface area contributed by atoms with Gasteiger partial charge in [-0.2, -0.15) is 0 Å². The van der Waals surface area contributed by atoms with Gasteiger partial charge in [0.2, 0.25) is 0 Å². The fraction of sp³-hybridized carbons (Fsp3) is 0.238. The molecule has 0 spiro atoms. The van der Waals surface area contributed by atoms with Gasteiger partial charge in [-0.25, -0.2) is 4.79 Å². The number of nitrogens with one attached hydrogen (secondary N) is 2. The second-order valence-corrected chi connectivity index (χ2v) is 7.10. The summed E-state index contributed by atoms with van der Waals surface area (Å²) in [5.41, 5.74) is 0.923. The van der Waals surface area contributed by atoms with E-state index in [9.17, 15) is 9.59 Å². The van der Waals surface area contributed by atoms with E-state index in [-0.39, 0.29) is 11.7 Å². The van der Waals surface area contributed by atoms with Gasteiger partial charge in [-0.05, 0) is 37.1 Å². The summed E-state index contributed by atoms with van der Waals surface area (Å²) in [4.78, 5) is 25.3. The quantitative estimate of drug-likeness (QED) is 0.619. The summed E-state index contributed by atoms with van der Waals surface area (Å²) >= 11 is 6.12. The third-order valence-electron chi connectivity index (χ3n) is 4.87.